The summed E-state index contributed by atoms with van der Waals surface area (Å²) in [6.45, 7) is 7.26. The van der Waals surface area contributed by atoms with Crippen molar-refractivity contribution < 1.29 is 14.3 Å². The summed E-state index contributed by atoms with van der Waals surface area (Å²) in [5.74, 6) is 1.14. The summed E-state index contributed by atoms with van der Waals surface area (Å²) in [5, 5.41) is 0. The summed E-state index contributed by atoms with van der Waals surface area (Å²) in [6, 6.07) is 2.08. The average molecular weight is 377 g/mol. The highest BCUT2D eigenvalue weighted by Crippen LogP contribution is 2.33. The van der Waals surface area contributed by atoms with E-state index >= 15 is 0 Å². The number of rotatable bonds is 1. The van der Waals surface area contributed by atoms with E-state index < -0.39 is 0 Å². The number of nitrogens with zero attached hydrogens (tertiary/aromatic N) is 3. The van der Waals surface area contributed by atoms with Gasteiger partial charge in [-0.25, -0.2) is 0 Å². The van der Waals surface area contributed by atoms with Crippen molar-refractivity contribution in [2.24, 2.45) is 4.99 Å². The summed E-state index contributed by atoms with van der Waals surface area (Å²) in [5.41, 5.74) is 2.69. The van der Waals surface area contributed by atoms with Crippen LogP contribution in [0, 0.1) is 0 Å². The quantitative estimate of drug-likeness (QED) is 0.750. The van der Waals surface area contributed by atoms with Crippen LogP contribution < -0.4 is 4.74 Å². The second-order valence-electron chi connectivity index (χ2n) is 7.06. The molecule has 0 fully saturated rings. The zero-order valence-corrected chi connectivity index (χ0v) is 15.9. The van der Waals surface area contributed by atoms with Gasteiger partial charge in [-0.05, 0) is 43.9 Å². The highest BCUT2D eigenvalue weighted by atomic mass is 16.5. The van der Waals surface area contributed by atoms with Gasteiger partial charge in [-0.3, -0.25) is 14.8 Å². The van der Waals surface area contributed by atoms with E-state index in [0.717, 1.165) is 30.5 Å². The van der Waals surface area contributed by atoms with Gasteiger partial charge in [0.1, 0.15) is 17.8 Å². The highest BCUT2D eigenvalue weighted by molar-refractivity contribution is 6.03. The molecule has 6 nitrogen and oxygen atoms in total. The van der Waals surface area contributed by atoms with Gasteiger partial charge in [-0.2, -0.15) is 0 Å². The first-order chi connectivity index (χ1) is 13.6. The lowest BCUT2D eigenvalue weighted by Crippen LogP contribution is -2.35. The third kappa shape index (κ3) is 3.63. The maximum absolute atomic E-state index is 13.3. The first-order valence-electron chi connectivity index (χ1n) is 9.53. The molecule has 0 radical (unpaired) electrons. The second kappa shape index (κ2) is 7.84. The summed E-state index contributed by atoms with van der Waals surface area (Å²) in [6.07, 6.45) is 12.9. The van der Waals surface area contributed by atoms with E-state index in [2.05, 4.69) is 29.6 Å². The van der Waals surface area contributed by atoms with Crippen LogP contribution in [0.1, 0.15) is 31.7 Å². The van der Waals surface area contributed by atoms with Gasteiger partial charge in [0.15, 0.2) is 0 Å². The zero-order chi connectivity index (χ0) is 19.5. The lowest BCUT2D eigenvalue weighted by Gasteiger charge is -2.27. The minimum absolute atomic E-state index is 0.123. The molecule has 0 spiro atoms. The number of fused-ring (bicyclic) bond motifs is 8. The molecule has 0 saturated heterocycles. The molecule has 2 bridgehead atoms. The van der Waals surface area contributed by atoms with E-state index in [1.54, 1.807) is 29.6 Å². The third-order valence-corrected chi connectivity index (χ3v) is 4.96. The Morgan fingerprint density at radius 1 is 1.32 bits per heavy atom. The molecule has 6 heteroatoms. The van der Waals surface area contributed by atoms with Crippen molar-refractivity contribution in [1.82, 2.24) is 9.88 Å². The molecule has 1 atom stereocenters. The van der Waals surface area contributed by atoms with Crippen molar-refractivity contribution in [3.05, 3.63) is 65.9 Å². The van der Waals surface area contributed by atoms with Crippen LogP contribution in [0.2, 0.25) is 0 Å². The minimum Gasteiger partial charge on any atom is -0.491 e. The fourth-order valence-electron chi connectivity index (χ4n) is 3.33. The molecule has 1 aromatic heterocycles. The number of carbonyl (C=O) groups excluding carboxylic acids is 1. The van der Waals surface area contributed by atoms with E-state index in [1.165, 1.54) is 6.26 Å². The van der Waals surface area contributed by atoms with Crippen LogP contribution in [0.15, 0.2) is 65.3 Å². The number of amides is 1. The number of ether oxygens (including phenoxy) is 2. The number of dihydropyridines is 1. The number of aromatic nitrogens is 1. The Morgan fingerprint density at radius 2 is 2.21 bits per heavy atom. The molecular weight excluding hydrogens is 354 g/mol. The van der Waals surface area contributed by atoms with Crippen LogP contribution in [0.3, 0.4) is 0 Å². The molecule has 1 unspecified atom stereocenters. The molecule has 4 aliphatic rings. The van der Waals surface area contributed by atoms with Gasteiger partial charge in [-0.1, -0.05) is 12.7 Å². The minimum atomic E-state index is -0.123. The second-order valence-corrected chi connectivity index (χ2v) is 7.06. The number of hydrogen-bond acceptors (Lipinski definition) is 5. The van der Waals surface area contributed by atoms with E-state index in [1.807, 2.05) is 6.07 Å². The number of allylic oxidation sites excluding steroid dienone is 2. The van der Waals surface area contributed by atoms with Gasteiger partial charge >= 0.3 is 0 Å². The fourth-order valence-corrected chi connectivity index (χ4v) is 3.33. The largest absolute Gasteiger partial charge is 0.491 e. The van der Waals surface area contributed by atoms with Gasteiger partial charge in [-0.15, -0.1) is 0 Å². The highest BCUT2D eigenvalue weighted by Gasteiger charge is 2.27. The van der Waals surface area contributed by atoms with Gasteiger partial charge < -0.3 is 14.4 Å². The molecule has 0 aromatic carbocycles. The Bertz CT molecular complexity index is 927. The molecule has 0 N–H and O–H groups in total. The summed E-state index contributed by atoms with van der Waals surface area (Å²) in [7, 11) is 0. The molecule has 1 amide bonds. The lowest BCUT2D eigenvalue weighted by molar-refractivity contribution is -0.125. The number of pyridine rings is 1. The molecule has 1 aromatic rings. The number of hydrogen-bond donors (Lipinski definition) is 0. The third-order valence-electron chi connectivity index (χ3n) is 4.96. The predicted octanol–water partition coefficient (Wildman–Crippen LogP) is 3.64. The Kier molecular flexibility index (Phi) is 5.10. The van der Waals surface area contributed by atoms with Crippen LogP contribution in [0.5, 0.6) is 5.75 Å². The Balaban J connectivity index is 1.67. The summed E-state index contributed by atoms with van der Waals surface area (Å²) in [4.78, 5) is 23.7. The van der Waals surface area contributed by atoms with Crippen LogP contribution >= 0.6 is 0 Å². The number of carbonyl (C=O) groups is 1. The molecule has 144 valence electrons. The van der Waals surface area contributed by atoms with Crippen LogP contribution in [0.25, 0.3) is 5.76 Å². The van der Waals surface area contributed by atoms with Crippen LogP contribution in [-0.4, -0.2) is 41.2 Å². The predicted molar refractivity (Wildman–Crippen MR) is 108 cm³/mol. The van der Waals surface area contributed by atoms with Crippen molar-refractivity contribution in [1.29, 1.82) is 0 Å². The molecule has 4 aliphatic heterocycles. The molecular formula is C22H23N3O3. The topological polar surface area (TPSA) is 64.0 Å². The standard InChI is InChI=1S/C22H23N3O3/c1-15-11-20-18-7-8-23-13-21(18)27-10-4-3-9-25(22(26)19(15)14-28-20)17-6-5-16(2)24-12-17/h6-8,11-14,16H,1,3-5,9-10H2,2H3. The van der Waals surface area contributed by atoms with E-state index in [9.17, 15) is 4.79 Å². The van der Waals surface area contributed by atoms with Crippen molar-refractivity contribution in [3.8, 4) is 5.75 Å². The van der Waals surface area contributed by atoms with Crippen molar-refractivity contribution in [2.45, 2.75) is 32.2 Å². The molecule has 5 heterocycles. The maximum Gasteiger partial charge on any atom is 0.262 e. The smallest absolute Gasteiger partial charge is 0.262 e. The van der Waals surface area contributed by atoms with E-state index in [0.29, 0.717) is 35.8 Å². The molecule has 0 saturated carbocycles. The van der Waals surface area contributed by atoms with Crippen molar-refractivity contribution in [2.75, 3.05) is 13.2 Å². The number of aliphatic imine (C=N–C) groups is 1. The fraction of sp³-hybridized carbons (Fsp3) is 0.318. The Labute approximate surface area is 164 Å². The van der Waals surface area contributed by atoms with Gasteiger partial charge in [0.25, 0.3) is 5.91 Å². The first kappa shape index (κ1) is 18.2. The average Bonchev–Trinajstić information content (AvgIpc) is 2.72. The van der Waals surface area contributed by atoms with Crippen LogP contribution in [-0.2, 0) is 9.53 Å². The normalized spacial score (nSPS) is 22.5. The van der Waals surface area contributed by atoms with Gasteiger partial charge in [0, 0.05) is 19.0 Å². The van der Waals surface area contributed by atoms with E-state index in [-0.39, 0.29) is 11.9 Å². The zero-order valence-electron chi connectivity index (χ0n) is 15.9. The Morgan fingerprint density at radius 3 is 3.00 bits per heavy atom. The molecule has 5 rings (SSSR count). The monoisotopic (exact) mass is 377 g/mol. The van der Waals surface area contributed by atoms with Gasteiger partial charge in [0.2, 0.25) is 0 Å². The summed E-state index contributed by atoms with van der Waals surface area (Å²) >= 11 is 0. The Hall–Kier alpha value is -3.15. The lowest BCUT2D eigenvalue weighted by atomic mass is 10.0. The summed E-state index contributed by atoms with van der Waals surface area (Å²) < 4.78 is 11.7. The first-order valence-corrected chi connectivity index (χ1v) is 9.53. The van der Waals surface area contributed by atoms with Crippen molar-refractivity contribution >= 4 is 17.9 Å². The van der Waals surface area contributed by atoms with E-state index in [4.69, 9.17) is 9.47 Å². The maximum atomic E-state index is 13.3. The molecule has 0 aliphatic carbocycles. The van der Waals surface area contributed by atoms with Gasteiger partial charge in [0.05, 0.1) is 35.7 Å². The van der Waals surface area contributed by atoms with Crippen LogP contribution in [0.4, 0.5) is 0 Å². The van der Waals surface area contributed by atoms with Crippen molar-refractivity contribution in [3.63, 3.8) is 0 Å². The molecule has 28 heavy (non-hydrogen) atoms. The SMILES string of the molecule is C=C1C=C2OC=C1C(=O)N(C1=CCC(C)N=C1)CCCCOc1cnccc12.